The number of amides is 1. The number of unbranched alkanes of at least 4 members (excludes halogenated alkanes) is 1. The zero-order valence-electron chi connectivity index (χ0n) is 24.2. The predicted octanol–water partition coefficient (Wildman–Crippen LogP) is 4.34. The topological polar surface area (TPSA) is 182 Å². The molecule has 0 aliphatic rings. The van der Waals surface area contributed by atoms with Gasteiger partial charge in [-0.3, -0.25) is 9.89 Å². The van der Waals surface area contributed by atoms with Crippen LogP contribution in [0.3, 0.4) is 0 Å². The van der Waals surface area contributed by atoms with Crippen LogP contribution in [0.25, 0.3) is 22.0 Å². The van der Waals surface area contributed by atoms with Gasteiger partial charge in [-0.15, -0.1) is 0 Å². The van der Waals surface area contributed by atoms with Crippen LogP contribution in [0, 0.1) is 13.8 Å². The number of carboxylic acid groups (broad SMARTS) is 1. The number of rotatable bonds is 13. The van der Waals surface area contributed by atoms with Gasteiger partial charge in [-0.1, -0.05) is 42.5 Å². The average molecular weight is 616 g/mol. The monoisotopic (exact) mass is 615 g/mol. The van der Waals surface area contributed by atoms with Crippen molar-refractivity contribution in [2.45, 2.75) is 43.7 Å². The van der Waals surface area contributed by atoms with E-state index in [1.807, 2.05) is 30.3 Å². The minimum absolute atomic E-state index is 0.0450. The summed E-state index contributed by atoms with van der Waals surface area (Å²) >= 11 is 0. The number of sulfonamides is 1. The van der Waals surface area contributed by atoms with Crippen LogP contribution >= 0.6 is 0 Å². The van der Waals surface area contributed by atoms with Gasteiger partial charge >= 0.3 is 5.97 Å². The van der Waals surface area contributed by atoms with Gasteiger partial charge < -0.3 is 20.7 Å². The second kappa shape index (κ2) is 12.7. The number of anilines is 1. The van der Waals surface area contributed by atoms with Crippen molar-refractivity contribution in [1.29, 1.82) is 0 Å². The molecule has 0 aliphatic heterocycles. The number of imidazole rings is 1. The van der Waals surface area contributed by atoms with Gasteiger partial charge in [0, 0.05) is 29.9 Å². The summed E-state index contributed by atoms with van der Waals surface area (Å²) in [6.07, 6.45) is 5.31. The first-order valence-corrected chi connectivity index (χ1v) is 15.5. The number of aliphatic carboxylic acids is 1. The third kappa shape index (κ3) is 6.63. The molecule has 5 rings (SSSR count). The summed E-state index contributed by atoms with van der Waals surface area (Å²) in [6.45, 7) is 3.77. The number of hydrogen-bond acceptors (Lipinski definition) is 7. The Morgan fingerprint density at radius 1 is 0.977 bits per heavy atom. The Balaban J connectivity index is 1.45. The molecule has 6 N–H and O–H groups in total. The smallest absolute Gasteiger partial charge is 0.345 e. The first-order chi connectivity index (χ1) is 21.1. The molecule has 5 aromatic rings. The van der Waals surface area contributed by atoms with Crippen LogP contribution < -0.4 is 15.4 Å². The lowest BCUT2D eigenvalue weighted by atomic mass is 10.0. The number of aryl methyl sites for hydroxylation is 2. The number of nitrogens with one attached hydrogen (secondary N) is 5. The standard InChI is InChI=1S/C31H33N7O5S/c1-20-16-24(22-8-4-3-5-9-22)17-21(2)27(20)44(42,43)38-31(29(40)41,12-6-7-13-32-30-33-14-15-34-30)36-28(39)23-10-11-26-25(18-23)19-35-37-26/h3-5,8-11,14-19,38H,6-7,12-13H2,1-2H3,(H,35,37)(H,36,39)(H,40,41)(H2,32,33,34)/t31-/m0/s1. The second-order valence-electron chi connectivity index (χ2n) is 10.6. The molecule has 1 amide bonds. The number of nitrogens with zero attached hydrogens (tertiary/aromatic N) is 2. The van der Waals surface area contributed by atoms with Gasteiger partial charge in [-0.2, -0.15) is 9.82 Å². The minimum Gasteiger partial charge on any atom is -0.478 e. The van der Waals surface area contributed by atoms with Gasteiger partial charge in [0.1, 0.15) is 0 Å². The number of benzene rings is 3. The number of aromatic nitrogens is 4. The van der Waals surface area contributed by atoms with Gasteiger partial charge in [0.15, 0.2) is 5.95 Å². The van der Waals surface area contributed by atoms with Crippen LogP contribution in [0.15, 0.2) is 84.1 Å². The number of H-pyrrole nitrogens is 2. The fourth-order valence-corrected chi connectivity index (χ4v) is 7.00. The number of carbonyl (C=O) groups is 2. The molecule has 1 atom stereocenters. The summed E-state index contributed by atoms with van der Waals surface area (Å²) in [7, 11) is -4.45. The van der Waals surface area contributed by atoms with Crippen molar-refractivity contribution in [3.8, 4) is 11.1 Å². The van der Waals surface area contributed by atoms with Crippen molar-refractivity contribution < 1.29 is 23.1 Å². The Bertz CT molecular complexity index is 1870. The van der Waals surface area contributed by atoms with Crippen LogP contribution in [0.5, 0.6) is 0 Å². The van der Waals surface area contributed by atoms with E-state index in [0.717, 1.165) is 11.1 Å². The lowest BCUT2D eigenvalue weighted by molar-refractivity contribution is -0.145. The molecule has 0 spiro atoms. The second-order valence-corrected chi connectivity index (χ2v) is 12.2. The van der Waals surface area contributed by atoms with Gasteiger partial charge in [0.25, 0.3) is 5.91 Å². The highest BCUT2D eigenvalue weighted by Crippen LogP contribution is 2.29. The molecule has 0 bridgehead atoms. The van der Waals surface area contributed by atoms with Crippen LogP contribution in [0.2, 0.25) is 0 Å². The Morgan fingerprint density at radius 3 is 2.41 bits per heavy atom. The highest BCUT2D eigenvalue weighted by Gasteiger charge is 2.44. The lowest BCUT2D eigenvalue weighted by Crippen LogP contribution is -2.65. The van der Waals surface area contributed by atoms with E-state index in [4.69, 9.17) is 0 Å². The maximum atomic E-state index is 14.0. The molecule has 0 fully saturated rings. The number of aromatic amines is 2. The number of fused-ring (bicyclic) bond motifs is 1. The summed E-state index contributed by atoms with van der Waals surface area (Å²) in [5, 5.41) is 23.5. The third-order valence-electron chi connectivity index (χ3n) is 7.31. The summed E-state index contributed by atoms with van der Waals surface area (Å²) in [4.78, 5) is 33.4. The van der Waals surface area contributed by atoms with Crippen molar-refractivity contribution in [1.82, 2.24) is 30.2 Å². The molecule has 2 heterocycles. The number of hydrogen-bond donors (Lipinski definition) is 6. The molecule has 2 aromatic heterocycles. The van der Waals surface area contributed by atoms with Crippen LogP contribution in [0.4, 0.5) is 5.95 Å². The summed E-state index contributed by atoms with van der Waals surface area (Å²) in [6, 6.07) is 17.7. The van der Waals surface area contributed by atoms with Crippen LogP contribution in [0.1, 0.15) is 40.7 Å². The van der Waals surface area contributed by atoms with Gasteiger partial charge in [0.05, 0.1) is 16.6 Å². The van der Waals surface area contributed by atoms with E-state index in [9.17, 15) is 23.1 Å². The maximum absolute atomic E-state index is 14.0. The van der Waals surface area contributed by atoms with Gasteiger partial charge in [-0.25, -0.2) is 18.2 Å². The molecule has 0 radical (unpaired) electrons. The van der Waals surface area contributed by atoms with E-state index in [1.165, 1.54) is 12.3 Å². The van der Waals surface area contributed by atoms with E-state index >= 15 is 0 Å². The van der Waals surface area contributed by atoms with Gasteiger partial charge in [0.2, 0.25) is 15.7 Å². The normalized spacial score (nSPS) is 13.0. The van der Waals surface area contributed by atoms with E-state index < -0.39 is 27.6 Å². The fourth-order valence-electron chi connectivity index (χ4n) is 5.23. The van der Waals surface area contributed by atoms with E-state index in [0.29, 0.717) is 40.9 Å². The molecule has 12 nitrogen and oxygen atoms in total. The highest BCUT2D eigenvalue weighted by molar-refractivity contribution is 7.89. The minimum atomic E-state index is -4.45. The Morgan fingerprint density at radius 2 is 1.73 bits per heavy atom. The van der Waals surface area contributed by atoms with Crippen LogP contribution in [-0.4, -0.2) is 57.8 Å². The van der Waals surface area contributed by atoms with E-state index in [-0.39, 0.29) is 23.3 Å². The number of carboxylic acids is 1. The first kappa shape index (κ1) is 30.4. The largest absolute Gasteiger partial charge is 0.478 e. The lowest BCUT2D eigenvalue weighted by Gasteiger charge is -2.32. The third-order valence-corrected chi connectivity index (χ3v) is 9.11. The molecule has 228 valence electrons. The molecule has 0 saturated carbocycles. The quantitative estimate of drug-likeness (QED) is 0.0835. The molecule has 3 aromatic carbocycles. The molecule has 0 unspecified atom stereocenters. The van der Waals surface area contributed by atoms with E-state index in [1.54, 1.807) is 50.5 Å². The summed E-state index contributed by atoms with van der Waals surface area (Å²) < 4.78 is 30.3. The van der Waals surface area contributed by atoms with E-state index in [2.05, 4.69) is 35.5 Å². The van der Waals surface area contributed by atoms with Crippen LogP contribution in [-0.2, 0) is 14.8 Å². The zero-order valence-corrected chi connectivity index (χ0v) is 25.0. The molecule has 44 heavy (non-hydrogen) atoms. The van der Waals surface area contributed by atoms with Crippen molar-refractivity contribution >= 4 is 38.8 Å². The predicted molar refractivity (Wildman–Crippen MR) is 167 cm³/mol. The maximum Gasteiger partial charge on any atom is 0.345 e. The van der Waals surface area contributed by atoms with Gasteiger partial charge in [-0.05, 0) is 73.6 Å². The van der Waals surface area contributed by atoms with Crippen molar-refractivity contribution in [3.05, 3.63) is 95.9 Å². The molecule has 0 aliphatic carbocycles. The van der Waals surface area contributed by atoms with Crippen molar-refractivity contribution in [3.63, 3.8) is 0 Å². The average Bonchev–Trinajstić information content (AvgIpc) is 3.68. The zero-order chi connectivity index (χ0) is 31.3. The molecule has 13 heteroatoms. The molecular weight excluding hydrogens is 582 g/mol. The molecular formula is C31H33N7O5S. The SMILES string of the molecule is Cc1cc(-c2ccccc2)cc(C)c1S(=O)(=O)N[C@](CCCCNc1ncc[nH]1)(NC(=O)c1ccc2[nH]ncc2c1)C(=O)O. The first-order valence-electron chi connectivity index (χ1n) is 14.0. The molecule has 0 saturated heterocycles. The fraction of sp³-hybridized carbons (Fsp3) is 0.226. The Labute approximate surface area is 254 Å². The van der Waals surface area contributed by atoms with Crippen molar-refractivity contribution in [2.75, 3.05) is 11.9 Å². The summed E-state index contributed by atoms with van der Waals surface area (Å²) in [5.41, 5.74) is 1.13. The summed E-state index contributed by atoms with van der Waals surface area (Å²) in [5.74, 6) is -1.73. The number of carbonyl (C=O) groups excluding carboxylic acids is 1. The van der Waals surface area contributed by atoms with Crippen molar-refractivity contribution in [2.24, 2.45) is 0 Å². The Kier molecular flexibility index (Phi) is 8.78. The Hall–Kier alpha value is -5.01. The highest BCUT2D eigenvalue weighted by atomic mass is 32.2.